The van der Waals surface area contributed by atoms with E-state index in [-0.39, 0.29) is 18.9 Å². The van der Waals surface area contributed by atoms with Gasteiger partial charge in [-0.1, -0.05) is 48.5 Å². The van der Waals surface area contributed by atoms with Crippen molar-refractivity contribution in [2.75, 3.05) is 26.2 Å². The third-order valence-corrected chi connectivity index (χ3v) is 6.18. The number of alkyl carbamates (subject to hydrolysis) is 1. The van der Waals surface area contributed by atoms with E-state index in [4.69, 9.17) is 4.74 Å². The van der Waals surface area contributed by atoms with Crippen molar-refractivity contribution < 1.29 is 23.8 Å². The summed E-state index contributed by atoms with van der Waals surface area (Å²) in [6.45, 7) is 1.85. The Labute approximate surface area is 181 Å². The number of carbonyl (C=O) groups is 2. The second-order valence-electron chi connectivity index (χ2n) is 8.17. The molecule has 0 bridgehead atoms. The number of amides is 1. The molecule has 0 spiro atoms. The molecule has 0 radical (unpaired) electrons. The van der Waals surface area contributed by atoms with Crippen LogP contribution in [-0.4, -0.2) is 60.5 Å². The lowest BCUT2D eigenvalue weighted by molar-refractivity contribution is -0.139. The third kappa shape index (κ3) is 4.88. The van der Waals surface area contributed by atoms with E-state index in [2.05, 4.69) is 17.4 Å². The molecule has 1 heterocycles. The Hall–Kier alpha value is -2.93. The van der Waals surface area contributed by atoms with Gasteiger partial charge in [-0.15, -0.1) is 0 Å². The minimum atomic E-state index is -1.10. The van der Waals surface area contributed by atoms with Crippen molar-refractivity contribution in [2.24, 2.45) is 0 Å². The summed E-state index contributed by atoms with van der Waals surface area (Å²) in [5, 5.41) is 12.0. The molecule has 4 rings (SSSR count). The van der Waals surface area contributed by atoms with Crippen LogP contribution >= 0.6 is 0 Å². The molecule has 2 aromatic carbocycles. The molecule has 0 aromatic heterocycles. The summed E-state index contributed by atoms with van der Waals surface area (Å²) in [6.07, 6.45) is -0.326. The average molecular weight is 426 g/mol. The predicted molar refractivity (Wildman–Crippen MR) is 115 cm³/mol. The molecule has 1 amide bonds. The molecule has 6 nitrogen and oxygen atoms in total. The topological polar surface area (TPSA) is 78.9 Å². The summed E-state index contributed by atoms with van der Waals surface area (Å²) >= 11 is 0. The molecule has 2 N–H and O–H groups in total. The van der Waals surface area contributed by atoms with Crippen LogP contribution in [0.2, 0.25) is 0 Å². The second kappa shape index (κ2) is 9.47. The fraction of sp³-hybridized carbons (Fsp3) is 0.417. The van der Waals surface area contributed by atoms with E-state index >= 15 is 0 Å². The van der Waals surface area contributed by atoms with Crippen LogP contribution in [0.1, 0.15) is 36.3 Å². The Morgan fingerprint density at radius 2 is 1.65 bits per heavy atom. The van der Waals surface area contributed by atoms with Gasteiger partial charge in [0.05, 0.1) is 0 Å². The summed E-state index contributed by atoms with van der Waals surface area (Å²) in [6, 6.07) is 15.0. The molecule has 1 atom stereocenters. The van der Waals surface area contributed by atoms with Gasteiger partial charge in [-0.2, -0.15) is 0 Å². The number of alkyl halides is 1. The lowest BCUT2D eigenvalue weighted by Crippen LogP contribution is -2.44. The zero-order valence-corrected chi connectivity index (χ0v) is 17.3. The normalized spacial score (nSPS) is 17.6. The number of aliphatic carboxylic acids is 1. The highest BCUT2D eigenvalue weighted by Crippen LogP contribution is 2.44. The van der Waals surface area contributed by atoms with Gasteiger partial charge in [0, 0.05) is 25.6 Å². The fourth-order valence-electron chi connectivity index (χ4n) is 4.48. The number of fused-ring (bicyclic) bond motifs is 3. The molecule has 7 heteroatoms. The summed E-state index contributed by atoms with van der Waals surface area (Å²) in [7, 11) is 0. The van der Waals surface area contributed by atoms with Crippen molar-refractivity contribution in [3.05, 3.63) is 59.7 Å². The maximum absolute atomic E-state index is 13.3. The van der Waals surface area contributed by atoms with Crippen LogP contribution in [0, 0.1) is 0 Å². The lowest BCUT2D eigenvalue weighted by Gasteiger charge is -2.29. The van der Waals surface area contributed by atoms with Crippen LogP contribution in [0.15, 0.2) is 48.5 Å². The summed E-state index contributed by atoms with van der Waals surface area (Å²) in [5.74, 6) is -1.18. The number of carbonyl (C=O) groups excluding carboxylic acids is 1. The van der Waals surface area contributed by atoms with E-state index in [0.717, 1.165) is 22.3 Å². The number of nitrogens with zero attached hydrogens (tertiary/aromatic N) is 1. The van der Waals surface area contributed by atoms with Crippen molar-refractivity contribution in [2.45, 2.75) is 37.4 Å². The van der Waals surface area contributed by atoms with Crippen LogP contribution in [0.25, 0.3) is 11.1 Å². The lowest BCUT2D eigenvalue weighted by atomic mass is 9.98. The quantitative estimate of drug-likeness (QED) is 0.704. The van der Waals surface area contributed by atoms with Gasteiger partial charge in [-0.25, -0.2) is 14.0 Å². The highest BCUT2D eigenvalue weighted by Gasteiger charge is 2.30. The Kier molecular flexibility index (Phi) is 6.51. The number of rotatable bonds is 7. The molecule has 31 heavy (non-hydrogen) atoms. The van der Waals surface area contributed by atoms with E-state index in [1.165, 1.54) is 0 Å². The first-order valence-corrected chi connectivity index (χ1v) is 10.7. The number of likely N-dealkylation sites (tertiary alicyclic amines) is 1. The molecular formula is C24H27FN2O4. The van der Waals surface area contributed by atoms with Gasteiger partial charge >= 0.3 is 12.1 Å². The van der Waals surface area contributed by atoms with Crippen LogP contribution in [0.4, 0.5) is 9.18 Å². The number of benzene rings is 2. The zero-order valence-electron chi connectivity index (χ0n) is 17.3. The minimum absolute atomic E-state index is 0.0802. The average Bonchev–Trinajstić information content (AvgIpc) is 3.10. The summed E-state index contributed by atoms with van der Waals surface area (Å²) in [5.41, 5.74) is 4.46. The second-order valence-corrected chi connectivity index (χ2v) is 8.17. The van der Waals surface area contributed by atoms with E-state index < -0.39 is 24.3 Å². The van der Waals surface area contributed by atoms with E-state index in [1.54, 1.807) is 0 Å². The number of piperidine rings is 1. The van der Waals surface area contributed by atoms with E-state index in [9.17, 15) is 19.1 Å². The first-order valence-electron chi connectivity index (χ1n) is 10.7. The Morgan fingerprint density at radius 1 is 1.06 bits per heavy atom. The number of nitrogens with one attached hydrogen (secondary N) is 1. The zero-order chi connectivity index (χ0) is 21.8. The van der Waals surface area contributed by atoms with Gasteiger partial charge < -0.3 is 20.1 Å². The molecule has 2 aliphatic rings. The molecule has 1 saturated heterocycles. The maximum atomic E-state index is 13.3. The van der Waals surface area contributed by atoms with Crippen molar-refractivity contribution in [3.8, 4) is 11.1 Å². The summed E-state index contributed by atoms with van der Waals surface area (Å²) in [4.78, 5) is 26.0. The largest absolute Gasteiger partial charge is 0.480 e. The fourth-order valence-corrected chi connectivity index (χ4v) is 4.48. The van der Waals surface area contributed by atoms with Gasteiger partial charge in [0.1, 0.15) is 18.8 Å². The number of hydrogen-bond acceptors (Lipinski definition) is 4. The van der Waals surface area contributed by atoms with Crippen molar-refractivity contribution >= 4 is 12.1 Å². The van der Waals surface area contributed by atoms with Gasteiger partial charge in [0.2, 0.25) is 0 Å². The van der Waals surface area contributed by atoms with Gasteiger partial charge in [0.15, 0.2) is 0 Å². The number of ether oxygens (including phenoxy) is 1. The van der Waals surface area contributed by atoms with E-state index in [0.29, 0.717) is 32.5 Å². The number of halogens is 1. The van der Waals surface area contributed by atoms with Crippen LogP contribution in [0.5, 0.6) is 0 Å². The van der Waals surface area contributed by atoms with Crippen LogP contribution < -0.4 is 5.32 Å². The minimum Gasteiger partial charge on any atom is -0.480 e. The smallest absolute Gasteiger partial charge is 0.407 e. The molecule has 1 aliphatic carbocycles. The monoisotopic (exact) mass is 426 g/mol. The Balaban J connectivity index is 1.33. The van der Waals surface area contributed by atoms with Crippen molar-refractivity contribution in [1.29, 1.82) is 0 Å². The standard InChI is InChI=1S/C24H27FN2O4/c25-16-9-12-27(13-10-16)14-11-22(23(28)29)26-24(30)31-15-21-19-7-3-1-5-17(19)18-6-2-4-8-20(18)21/h1-8,16,21-22H,9-15H2,(H,26,30)(H,28,29). The first-order chi connectivity index (χ1) is 15.0. The van der Waals surface area contributed by atoms with Crippen LogP contribution in [0.3, 0.4) is 0 Å². The van der Waals surface area contributed by atoms with Crippen LogP contribution in [-0.2, 0) is 9.53 Å². The predicted octanol–water partition coefficient (Wildman–Crippen LogP) is 3.80. The molecule has 2 aromatic rings. The third-order valence-electron chi connectivity index (χ3n) is 6.18. The molecular weight excluding hydrogens is 399 g/mol. The SMILES string of the molecule is O=C(NC(CCN1CCC(F)CC1)C(=O)O)OCC1c2ccccc2-c2ccccc21. The Bertz CT molecular complexity index is 897. The molecule has 0 saturated carbocycles. The summed E-state index contributed by atoms with van der Waals surface area (Å²) < 4.78 is 18.7. The molecule has 1 fully saturated rings. The first kappa shape index (κ1) is 21.3. The van der Waals surface area contributed by atoms with E-state index in [1.807, 2.05) is 41.3 Å². The Morgan fingerprint density at radius 3 is 2.23 bits per heavy atom. The van der Waals surface area contributed by atoms with Crippen molar-refractivity contribution in [1.82, 2.24) is 10.2 Å². The van der Waals surface area contributed by atoms with Gasteiger partial charge in [-0.3, -0.25) is 0 Å². The van der Waals surface area contributed by atoms with Gasteiger partial charge in [0.25, 0.3) is 0 Å². The molecule has 1 unspecified atom stereocenters. The molecule has 1 aliphatic heterocycles. The molecule has 164 valence electrons. The van der Waals surface area contributed by atoms with Gasteiger partial charge in [-0.05, 0) is 41.5 Å². The number of carboxylic acids is 1. The highest BCUT2D eigenvalue weighted by atomic mass is 19.1. The number of hydrogen-bond donors (Lipinski definition) is 2. The number of carboxylic acid groups (broad SMARTS) is 1. The maximum Gasteiger partial charge on any atom is 0.407 e. The highest BCUT2D eigenvalue weighted by molar-refractivity contribution is 5.81. The van der Waals surface area contributed by atoms with Crippen molar-refractivity contribution in [3.63, 3.8) is 0 Å².